The van der Waals surface area contributed by atoms with Crippen molar-refractivity contribution in [2.75, 3.05) is 13.2 Å². The molecule has 1 fully saturated rings. The Morgan fingerprint density at radius 3 is 2.77 bits per heavy atom. The molecule has 0 unspecified atom stereocenters. The van der Waals surface area contributed by atoms with E-state index < -0.39 is 17.8 Å². The molecule has 0 spiro atoms. The molecule has 2 heterocycles. The van der Waals surface area contributed by atoms with E-state index in [1.54, 1.807) is 0 Å². The van der Waals surface area contributed by atoms with Crippen molar-refractivity contribution in [3.8, 4) is 0 Å². The minimum absolute atomic E-state index is 0.0279. The van der Waals surface area contributed by atoms with Crippen LogP contribution in [0.15, 0.2) is 12.3 Å². The van der Waals surface area contributed by atoms with E-state index in [2.05, 4.69) is 15.4 Å². The molecule has 3 rings (SSSR count). The Kier molecular flexibility index (Phi) is 5.17. The molecule has 0 aliphatic heterocycles. The summed E-state index contributed by atoms with van der Waals surface area (Å²) in [5.41, 5.74) is -0.557. The fourth-order valence-electron chi connectivity index (χ4n) is 2.62. The highest BCUT2D eigenvalue weighted by Gasteiger charge is 2.37. The van der Waals surface area contributed by atoms with Gasteiger partial charge in [-0.2, -0.15) is 18.3 Å². The molecule has 1 saturated carbocycles. The Labute approximate surface area is 148 Å². The zero-order chi connectivity index (χ0) is 18.9. The van der Waals surface area contributed by atoms with Gasteiger partial charge in [0.1, 0.15) is 11.3 Å². The highest BCUT2D eigenvalue weighted by atomic mass is 19.4. The second kappa shape index (κ2) is 7.22. The number of amides is 1. The van der Waals surface area contributed by atoms with Crippen molar-refractivity contribution in [2.24, 2.45) is 0 Å². The fraction of sp³-hybridized carbons (Fsp3) is 0.588. The van der Waals surface area contributed by atoms with Gasteiger partial charge in [0.15, 0.2) is 5.65 Å². The number of rotatable bonds is 7. The molecule has 1 aliphatic rings. The Balaban J connectivity index is 1.80. The molecule has 2 aromatic heterocycles. The van der Waals surface area contributed by atoms with Gasteiger partial charge in [-0.25, -0.2) is 9.50 Å². The van der Waals surface area contributed by atoms with Gasteiger partial charge >= 0.3 is 6.18 Å². The molecule has 1 aliphatic carbocycles. The van der Waals surface area contributed by atoms with E-state index in [1.165, 1.54) is 0 Å². The van der Waals surface area contributed by atoms with E-state index in [0.717, 1.165) is 25.1 Å². The van der Waals surface area contributed by atoms with Gasteiger partial charge in [-0.1, -0.05) is 0 Å². The number of carbonyl (C=O) groups excluding carboxylic acids is 1. The van der Waals surface area contributed by atoms with Gasteiger partial charge in [0.2, 0.25) is 0 Å². The van der Waals surface area contributed by atoms with Crippen molar-refractivity contribution >= 4 is 11.6 Å². The van der Waals surface area contributed by atoms with Gasteiger partial charge in [-0.3, -0.25) is 4.79 Å². The van der Waals surface area contributed by atoms with E-state index in [0.29, 0.717) is 29.8 Å². The molecule has 2 aromatic rings. The normalized spacial score (nSPS) is 15.0. The zero-order valence-electron chi connectivity index (χ0n) is 14.6. The van der Waals surface area contributed by atoms with E-state index >= 15 is 0 Å². The lowest BCUT2D eigenvalue weighted by molar-refractivity contribution is -0.142. The standard InChI is InChI=1S/C17H21F3N4O2/c1-10(2)26-7-3-6-21-16(25)12-9-22-24-14(17(18,19)20)8-13(11-4-5-11)23-15(12)24/h8-11H,3-7H2,1-2H3,(H,21,25). The number of nitrogens with one attached hydrogen (secondary N) is 1. The lowest BCUT2D eigenvalue weighted by atomic mass is 10.2. The van der Waals surface area contributed by atoms with E-state index in [9.17, 15) is 18.0 Å². The number of nitrogens with zero attached hydrogens (tertiary/aromatic N) is 3. The summed E-state index contributed by atoms with van der Waals surface area (Å²) in [6, 6.07) is 1.03. The molecule has 0 bridgehead atoms. The smallest absolute Gasteiger partial charge is 0.379 e. The van der Waals surface area contributed by atoms with Crippen molar-refractivity contribution in [3.63, 3.8) is 0 Å². The second-order valence-electron chi connectivity index (χ2n) is 6.66. The van der Waals surface area contributed by atoms with Crippen LogP contribution in [0.4, 0.5) is 13.2 Å². The van der Waals surface area contributed by atoms with Crippen molar-refractivity contribution < 1.29 is 22.7 Å². The lowest BCUT2D eigenvalue weighted by Crippen LogP contribution is -2.26. The van der Waals surface area contributed by atoms with Crippen LogP contribution in [0.2, 0.25) is 0 Å². The molecule has 0 saturated heterocycles. The molecule has 0 aromatic carbocycles. The van der Waals surface area contributed by atoms with E-state index in [4.69, 9.17) is 4.74 Å². The number of alkyl halides is 3. The Bertz CT molecular complexity index is 797. The van der Waals surface area contributed by atoms with Crippen LogP contribution < -0.4 is 5.32 Å². The highest BCUT2D eigenvalue weighted by Crippen LogP contribution is 2.41. The zero-order valence-corrected chi connectivity index (χ0v) is 14.6. The Morgan fingerprint density at radius 1 is 1.42 bits per heavy atom. The van der Waals surface area contributed by atoms with Gasteiger partial charge < -0.3 is 10.1 Å². The first-order valence-corrected chi connectivity index (χ1v) is 8.63. The van der Waals surface area contributed by atoms with Crippen LogP contribution in [-0.2, 0) is 10.9 Å². The van der Waals surface area contributed by atoms with Crippen molar-refractivity contribution in [2.45, 2.75) is 51.3 Å². The number of hydrogen-bond donors (Lipinski definition) is 1. The predicted molar refractivity (Wildman–Crippen MR) is 88.0 cm³/mol. The fourth-order valence-corrected chi connectivity index (χ4v) is 2.62. The monoisotopic (exact) mass is 370 g/mol. The first-order valence-electron chi connectivity index (χ1n) is 8.63. The summed E-state index contributed by atoms with van der Waals surface area (Å²) in [7, 11) is 0. The van der Waals surface area contributed by atoms with Gasteiger partial charge in [-0.05, 0) is 39.2 Å². The Morgan fingerprint density at radius 2 is 2.15 bits per heavy atom. The lowest BCUT2D eigenvalue weighted by Gasteiger charge is -2.11. The SMILES string of the molecule is CC(C)OCCCNC(=O)c1cnn2c(C(F)(F)F)cc(C3CC3)nc12. The topological polar surface area (TPSA) is 68.5 Å². The van der Waals surface area contributed by atoms with Gasteiger partial charge in [0, 0.05) is 24.8 Å². The third-order valence-corrected chi connectivity index (χ3v) is 4.08. The van der Waals surface area contributed by atoms with Crippen LogP contribution in [0.1, 0.15) is 60.8 Å². The van der Waals surface area contributed by atoms with E-state index in [-0.39, 0.29) is 23.2 Å². The molecule has 1 N–H and O–H groups in total. The summed E-state index contributed by atoms with van der Waals surface area (Å²) in [6.45, 7) is 4.68. The largest absolute Gasteiger partial charge is 0.433 e. The van der Waals surface area contributed by atoms with Gasteiger partial charge in [-0.15, -0.1) is 0 Å². The number of hydrogen-bond acceptors (Lipinski definition) is 4. The minimum atomic E-state index is -4.57. The van der Waals surface area contributed by atoms with Crippen LogP contribution in [0.5, 0.6) is 0 Å². The summed E-state index contributed by atoms with van der Waals surface area (Å²) in [5.74, 6) is -0.460. The molecular weight excluding hydrogens is 349 g/mol. The summed E-state index contributed by atoms with van der Waals surface area (Å²) in [5, 5.41) is 6.42. The summed E-state index contributed by atoms with van der Waals surface area (Å²) < 4.78 is 46.1. The van der Waals surface area contributed by atoms with Crippen LogP contribution in [0, 0.1) is 0 Å². The van der Waals surface area contributed by atoms with Crippen molar-refractivity contribution in [3.05, 3.63) is 29.2 Å². The number of ether oxygens (including phenoxy) is 1. The third-order valence-electron chi connectivity index (χ3n) is 4.08. The summed E-state index contributed by atoms with van der Waals surface area (Å²) in [4.78, 5) is 16.6. The molecule has 6 nitrogen and oxygen atoms in total. The molecule has 142 valence electrons. The number of fused-ring (bicyclic) bond motifs is 1. The minimum Gasteiger partial charge on any atom is -0.379 e. The maximum Gasteiger partial charge on any atom is 0.433 e. The van der Waals surface area contributed by atoms with Gasteiger partial charge in [0.25, 0.3) is 5.91 Å². The first-order chi connectivity index (χ1) is 12.3. The molecule has 0 radical (unpaired) electrons. The van der Waals surface area contributed by atoms with Crippen LogP contribution in [0.25, 0.3) is 5.65 Å². The van der Waals surface area contributed by atoms with Crippen LogP contribution in [0.3, 0.4) is 0 Å². The maximum atomic E-state index is 13.3. The highest BCUT2D eigenvalue weighted by molar-refractivity contribution is 5.99. The molecule has 1 amide bonds. The first kappa shape index (κ1) is 18.6. The summed E-state index contributed by atoms with van der Waals surface area (Å²) in [6.07, 6.45) is -1.10. The van der Waals surface area contributed by atoms with Crippen LogP contribution in [-0.4, -0.2) is 39.8 Å². The van der Waals surface area contributed by atoms with Crippen LogP contribution >= 0.6 is 0 Å². The van der Waals surface area contributed by atoms with Gasteiger partial charge in [0.05, 0.1) is 12.3 Å². The molecular formula is C17H21F3N4O2. The molecule has 9 heteroatoms. The van der Waals surface area contributed by atoms with Crippen molar-refractivity contribution in [1.29, 1.82) is 0 Å². The average molecular weight is 370 g/mol. The predicted octanol–water partition coefficient (Wildman–Crippen LogP) is 3.17. The Hall–Kier alpha value is -2.16. The average Bonchev–Trinajstić information content (AvgIpc) is 3.31. The quantitative estimate of drug-likeness (QED) is 0.760. The number of aromatic nitrogens is 3. The number of halogens is 3. The number of carbonyl (C=O) groups is 1. The maximum absolute atomic E-state index is 13.3. The summed E-state index contributed by atoms with van der Waals surface area (Å²) >= 11 is 0. The second-order valence-corrected chi connectivity index (χ2v) is 6.66. The third kappa shape index (κ3) is 4.14. The molecule has 26 heavy (non-hydrogen) atoms. The van der Waals surface area contributed by atoms with E-state index in [1.807, 2.05) is 13.8 Å². The molecule has 0 atom stereocenters. The van der Waals surface area contributed by atoms with Crippen molar-refractivity contribution in [1.82, 2.24) is 19.9 Å².